The van der Waals surface area contributed by atoms with E-state index in [1.54, 1.807) is 17.5 Å². The third kappa shape index (κ3) is 2.49. The number of carbonyl (C=O) groups is 1. The number of nitrogens with zero attached hydrogens (tertiary/aromatic N) is 2. The molecular weight excluding hydrogens is 314 g/mol. The molecule has 0 unspecified atom stereocenters. The first-order valence-corrected chi connectivity index (χ1v) is 9.46. The average Bonchev–Trinajstić information content (AvgIpc) is 3.21. The van der Waals surface area contributed by atoms with Gasteiger partial charge in [0.05, 0.1) is 9.75 Å². The van der Waals surface area contributed by atoms with Gasteiger partial charge in [-0.1, -0.05) is 0 Å². The highest BCUT2D eigenvalue weighted by Crippen LogP contribution is 2.33. The monoisotopic (exact) mass is 333 g/mol. The summed E-state index contributed by atoms with van der Waals surface area (Å²) in [6, 6.07) is 4.66. The second-order valence-corrected chi connectivity index (χ2v) is 8.09. The molecule has 0 radical (unpaired) electrons. The summed E-state index contributed by atoms with van der Waals surface area (Å²) in [6.07, 6.45) is 4.22. The topological polar surface area (TPSA) is 45.2 Å². The van der Waals surface area contributed by atoms with Crippen molar-refractivity contribution in [3.05, 3.63) is 28.6 Å². The fraction of sp³-hybridized carbons (Fsp3) is 0.500. The normalized spacial score (nSPS) is 30.4. The van der Waals surface area contributed by atoms with Crippen LogP contribution >= 0.6 is 22.7 Å². The molecule has 2 aromatic rings. The van der Waals surface area contributed by atoms with E-state index in [1.807, 2.05) is 17.5 Å². The summed E-state index contributed by atoms with van der Waals surface area (Å²) < 4.78 is 0. The van der Waals surface area contributed by atoms with Crippen molar-refractivity contribution in [1.29, 1.82) is 0 Å². The maximum absolute atomic E-state index is 12.6. The minimum absolute atomic E-state index is 0.0680. The number of thiazole rings is 1. The molecule has 4 nitrogen and oxygen atoms in total. The molecule has 0 spiro atoms. The van der Waals surface area contributed by atoms with Gasteiger partial charge < -0.3 is 5.32 Å². The second kappa shape index (κ2) is 5.76. The first kappa shape index (κ1) is 14.4. The molecule has 3 fully saturated rings. The van der Waals surface area contributed by atoms with Gasteiger partial charge in [0.2, 0.25) is 0 Å². The molecule has 22 heavy (non-hydrogen) atoms. The molecule has 1 N–H and O–H groups in total. The van der Waals surface area contributed by atoms with Gasteiger partial charge in [-0.3, -0.25) is 9.69 Å². The lowest BCUT2D eigenvalue weighted by atomic mass is 9.79. The van der Waals surface area contributed by atoms with Gasteiger partial charge in [0, 0.05) is 23.7 Å². The first-order chi connectivity index (χ1) is 10.7. The minimum atomic E-state index is 0.0680. The van der Waals surface area contributed by atoms with Gasteiger partial charge in [0.15, 0.2) is 0 Å². The van der Waals surface area contributed by atoms with E-state index < -0.39 is 0 Å². The van der Waals surface area contributed by atoms with E-state index in [2.05, 4.69) is 22.1 Å². The number of nitrogens with one attached hydrogen (secondary N) is 1. The summed E-state index contributed by atoms with van der Waals surface area (Å²) in [7, 11) is 0. The van der Waals surface area contributed by atoms with Crippen LogP contribution in [-0.4, -0.2) is 41.0 Å². The molecule has 5 heterocycles. The molecule has 116 valence electrons. The zero-order valence-corrected chi connectivity index (χ0v) is 14.1. The number of piperidine rings is 3. The van der Waals surface area contributed by atoms with Crippen LogP contribution in [0.1, 0.15) is 29.4 Å². The van der Waals surface area contributed by atoms with Gasteiger partial charge in [-0.15, -0.1) is 22.7 Å². The van der Waals surface area contributed by atoms with Gasteiger partial charge in [-0.25, -0.2) is 4.98 Å². The van der Waals surface area contributed by atoms with Crippen LogP contribution in [0.3, 0.4) is 0 Å². The maximum Gasteiger partial charge on any atom is 0.261 e. The Morgan fingerprint density at radius 1 is 1.36 bits per heavy atom. The van der Waals surface area contributed by atoms with Crippen molar-refractivity contribution in [2.75, 3.05) is 13.1 Å². The Labute approximate surface area is 138 Å². The van der Waals surface area contributed by atoms with E-state index >= 15 is 0 Å². The quantitative estimate of drug-likeness (QED) is 0.939. The Morgan fingerprint density at radius 3 is 2.86 bits per heavy atom. The van der Waals surface area contributed by atoms with Crippen molar-refractivity contribution < 1.29 is 4.79 Å². The Balaban J connectivity index is 1.48. The number of amides is 1. The number of carbonyl (C=O) groups excluding carboxylic acids is 1. The molecule has 2 aromatic heterocycles. The average molecular weight is 333 g/mol. The predicted octanol–water partition coefficient (Wildman–Crippen LogP) is 3.08. The van der Waals surface area contributed by atoms with Gasteiger partial charge in [0.1, 0.15) is 5.01 Å². The van der Waals surface area contributed by atoms with Crippen LogP contribution in [0.25, 0.3) is 9.88 Å². The molecule has 1 amide bonds. The van der Waals surface area contributed by atoms with Crippen molar-refractivity contribution in [2.45, 2.75) is 31.8 Å². The van der Waals surface area contributed by atoms with Gasteiger partial charge in [0.25, 0.3) is 5.91 Å². The summed E-state index contributed by atoms with van der Waals surface area (Å²) in [4.78, 5) is 21.2. The molecule has 0 aromatic carbocycles. The van der Waals surface area contributed by atoms with E-state index in [0.717, 1.165) is 14.8 Å². The SMILES string of the molecule is C[C@H]1[C@H](NC(=O)c2ccc(-c3nccs3)s2)C2CCN1CC2. The number of fused-ring (bicyclic) bond motifs is 3. The summed E-state index contributed by atoms with van der Waals surface area (Å²) in [5, 5.41) is 6.24. The van der Waals surface area contributed by atoms with E-state index in [1.165, 1.54) is 37.3 Å². The van der Waals surface area contributed by atoms with Crippen LogP contribution in [-0.2, 0) is 0 Å². The smallest absolute Gasteiger partial charge is 0.261 e. The third-order valence-electron chi connectivity index (χ3n) is 4.95. The maximum atomic E-state index is 12.6. The number of aromatic nitrogens is 1. The molecule has 3 aliphatic heterocycles. The number of rotatable bonds is 3. The predicted molar refractivity (Wildman–Crippen MR) is 90.4 cm³/mol. The van der Waals surface area contributed by atoms with E-state index in [0.29, 0.717) is 18.0 Å². The Morgan fingerprint density at radius 2 is 2.18 bits per heavy atom. The highest BCUT2D eigenvalue weighted by Gasteiger charge is 2.40. The van der Waals surface area contributed by atoms with Crippen LogP contribution in [0.15, 0.2) is 23.7 Å². The zero-order chi connectivity index (χ0) is 15.1. The fourth-order valence-electron chi connectivity index (χ4n) is 3.69. The van der Waals surface area contributed by atoms with Crippen LogP contribution in [0.2, 0.25) is 0 Å². The Bertz CT molecular complexity index is 657. The fourth-order valence-corrected chi connectivity index (χ4v) is 5.31. The lowest BCUT2D eigenvalue weighted by Gasteiger charge is -2.49. The van der Waals surface area contributed by atoms with Crippen molar-refractivity contribution in [3.8, 4) is 9.88 Å². The van der Waals surface area contributed by atoms with Gasteiger partial charge in [-0.05, 0) is 50.9 Å². The summed E-state index contributed by atoms with van der Waals surface area (Å²) >= 11 is 3.14. The third-order valence-corrected chi connectivity index (χ3v) is 6.97. The molecular formula is C16H19N3OS2. The van der Waals surface area contributed by atoms with E-state index in [9.17, 15) is 4.79 Å². The van der Waals surface area contributed by atoms with E-state index in [4.69, 9.17) is 0 Å². The van der Waals surface area contributed by atoms with Gasteiger partial charge in [-0.2, -0.15) is 0 Å². The molecule has 3 aliphatic rings. The van der Waals surface area contributed by atoms with E-state index in [-0.39, 0.29) is 5.91 Å². The Hall–Kier alpha value is -1.24. The van der Waals surface area contributed by atoms with Crippen molar-refractivity contribution in [3.63, 3.8) is 0 Å². The minimum Gasteiger partial charge on any atom is -0.347 e. The van der Waals surface area contributed by atoms with Crippen molar-refractivity contribution >= 4 is 28.6 Å². The number of hydrogen-bond donors (Lipinski definition) is 1. The Kier molecular flexibility index (Phi) is 3.76. The molecule has 3 saturated heterocycles. The van der Waals surface area contributed by atoms with Crippen LogP contribution in [0, 0.1) is 5.92 Å². The highest BCUT2D eigenvalue weighted by molar-refractivity contribution is 7.22. The highest BCUT2D eigenvalue weighted by atomic mass is 32.1. The molecule has 0 saturated carbocycles. The standard InChI is InChI=1S/C16H19N3OS2/c1-10-14(11-4-7-19(10)8-5-11)18-15(20)12-2-3-13(22-12)16-17-6-9-21-16/h2-3,6,9-11,14H,4-5,7-8H2,1H3,(H,18,20)/t10-,14-/m0/s1. The van der Waals surface area contributed by atoms with Crippen molar-refractivity contribution in [1.82, 2.24) is 15.2 Å². The number of hydrogen-bond acceptors (Lipinski definition) is 5. The molecule has 2 bridgehead atoms. The zero-order valence-electron chi connectivity index (χ0n) is 12.5. The number of thiophene rings is 1. The molecule has 5 rings (SSSR count). The van der Waals surface area contributed by atoms with Crippen LogP contribution in [0.5, 0.6) is 0 Å². The lowest BCUT2D eigenvalue weighted by molar-refractivity contribution is 0.0218. The summed E-state index contributed by atoms with van der Waals surface area (Å²) in [5.74, 6) is 0.709. The second-order valence-electron chi connectivity index (χ2n) is 6.11. The largest absolute Gasteiger partial charge is 0.347 e. The van der Waals surface area contributed by atoms with Gasteiger partial charge >= 0.3 is 0 Å². The molecule has 6 heteroatoms. The van der Waals surface area contributed by atoms with Crippen LogP contribution < -0.4 is 5.32 Å². The first-order valence-electron chi connectivity index (χ1n) is 7.77. The molecule has 0 aliphatic carbocycles. The van der Waals surface area contributed by atoms with Crippen molar-refractivity contribution in [2.24, 2.45) is 5.92 Å². The molecule has 2 atom stereocenters. The summed E-state index contributed by atoms with van der Waals surface area (Å²) in [6.45, 7) is 4.61. The lowest BCUT2D eigenvalue weighted by Crippen LogP contribution is -2.62. The summed E-state index contributed by atoms with van der Waals surface area (Å²) in [5.41, 5.74) is 0. The van der Waals surface area contributed by atoms with Crippen LogP contribution in [0.4, 0.5) is 0 Å².